The second-order valence-corrected chi connectivity index (χ2v) is 7.02. The van der Waals surface area contributed by atoms with Gasteiger partial charge in [-0.15, -0.1) is 0 Å². The molecule has 0 aromatic rings. The molecule has 0 unspecified atom stereocenters. The zero-order valence-electron chi connectivity index (χ0n) is 13.6. The van der Waals surface area contributed by atoms with Gasteiger partial charge in [0, 0.05) is 19.0 Å². The summed E-state index contributed by atoms with van der Waals surface area (Å²) in [6, 6.07) is 0. The standard InChI is InChI=1S/C17H32N2O/c1-4-9-18-10-5-16(6-11-18)17(20)19-12-7-15(8-13-19)14(2)3/h14-16H,4-13H2,1-3H3. The maximum absolute atomic E-state index is 12.6. The van der Waals surface area contributed by atoms with Crippen LogP contribution in [0.1, 0.15) is 52.9 Å². The minimum atomic E-state index is 0.304. The predicted octanol–water partition coefficient (Wildman–Crippen LogP) is 3.00. The monoisotopic (exact) mass is 280 g/mol. The van der Waals surface area contributed by atoms with Crippen molar-refractivity contribution < 1.29 is 4.79 Å². The van der Waals surface area contributed by atoms with Crippen LogP contribution in [-0.4, -0.2) is 48.4 Å². The molecule has 0 aromatic heterocycles. The topological polar surface area (TPSA) is 23.6 Å². The highest BCUT2D eigenvalue weighted by molar-refractivity contribution is 5.79. The average Bonchev–Trinajstić information content (AvgIpc) is 2.48. The summed E-state index contributed by atoms with van der Waals surface area (Å²) in [5.74, 6) is 2.34. The minimum Gasteiger partial charge on any atom is -0.342 e. The van der Waals surface area contributed by atoms with Gasteiger partial charge in [-0.05, 0) is 63.6 Å². The van der Waals surface area contributed by atoms with E-state index < -0.39 is 0 Å². The van der Waals surface area contributed by atoms with Crippen LogP contribution in [0.5, 0.6) is 0 Å². The molecule has 0 bridgehead atoms. The van der Waals surface area contributed by atoms with Gasteiger partial charge in [0.25, 0.3) is 0 Å². The van der Waals surface area contributed by atoms with Crippen LogP contribution in [-0.2, 0) is 4.79 Å². The van der Waals surface area contributed by atoms with Crippen LogP contribution in [0.4, 0.5) is 0 Å². The summed E-state index contributed by atoms with van der Waals surface area (Å²) < 4.78 is 0. The van der Waals surface area contributed by atoms with Gasteiger partial charge in [-0.25, -0.2) is 0 Å². The summed E-state index contributed by atoms with van der Waals surface area (Å²) in [5, 5.41) is 0. The van der Waals surface area contributed by atoms with E-state index in [1.54, 1.807) is 0 Å². The van der Waals surface area contributed by atoms with Gasteiger partial charge >= 0.3 is 0 Å². The van der Waals surface area contributed by atoms with E-state index in [2.05, 4.69) is 30.6 Å². The number of likely N-dealkylation sites (tertiary alicyclic amines) is 2. The first-order valence-corrected chi connectivity index (χ1v) is 8.63. The summed E-state index contributed by atoms with van der Waals surface area (Å²) in [5.41, 5.74) is 0. The first-order chi connectivity index (χ1) is 9.61. The molecule has 0 radical (unpaired) electrons. The van der Waals surface area contributed by atoms with E-state index in [0.717, 1.165) is 50.9 Å². The third-order valence-corrected chi connectivity index (χ3v) is 5.27. The van der Waals surface area contributed by atoms with Crippen molar-refractivity contribution in [1.29, 1.82) is 0 Å². The molecule has 3 heteroatoms. The van der Waals surface area contributed by atoms with Gasteiger partial charge in [0.05, 0.1) is 0 Å². The fraction of sp³-hybridized carbons (Fsp3) is 0.941. The van der Waals surface area contributed by atoms with Gasteiger partial charge in [-0.1, -0.05) is 20.8 Å². The molecular formula is C17H32N2O. The third kappa shape index (κ3) is 3.97. The van der Waals surface area contributed by atoms with Crippen LogP contribution >= 0.6 is 0 Å². The Bertz CT molecular complexity index is 300. The molecule has 2 saturated heterocycles. The Morgan fingerprint density at radius 2 is 1.65 bits per heavy atom. The number of rotatable bonds is 4. The molecule has 20 heavy (non-hydrogen) atoms. The first kappa shape index (κ1) is 15.8. The van der Waals surface area contributed by atoms with Crippen molar-refractivity contribution in [1.82, 2.24) is 9.80 Å². The molecular weight excluding hydrogens is 248 g/mol. The van der Waals surface area contributed by atoms with Crippen molar-refractivity contribution in [3.8, 4) is 0 Å². The van der Waals surface area contributed by atoms with Gasteiger partial charge in [0.2, 0.25) is 5.91 Å². The maximum Gasteiger partial charge on any atom is 0.225 e. The molecule has 0 spiro atoms. The average molecular weight is 280 g/mol. The molecule has 0 saturated carbocycles. The SMILES string of the molecule is CCCN1CCC(C(=O)N2CCC(C(C)C)CC2)CC1. The van der Waals surface area contributed by atoms with Crippen LogP contribution < -0.4 is 0 Å². The molecule has 3 nitrogen and oxygen atoms in total. The Morgan fingerprint density at radius 3 is 2.15 bits per heavy atom. The summed E-state index contributed by atoms with van der Waals surface area (Å²) in [6.07, 6.45) is 5.78. The number of nitrogens with zero attached hydrogens (tertiary/aromatic N) is 2. The van der Waals surface area contributed by atoms with Crippen molar-refractivity contribution in [2.75, 3.05) is 32.7 Å². The second kappa shape index (κ2) is 7.44. The van der Waals surface area contributed by atoms with Crippen molar-refractivity contribution >= 4 is 5.91 Å². The minimum absolute atomic E-state index is 0.304. The van der Waals surface area contributed by atoms with Crippen LogP contribution in [0.25, 0.3) is 0 Å². The highest BCUT2D eigenvalue weighted by Gasteiger charge is 2.31. The maximum atomic E-state index is 12.6. The highest BCUT2D eigenvalue weighted by Crippen LogP contribution is 2.27. The van der Waals surface area contributed by atoms with Gasteiger partial charge in [0.1, 0.15) is 0 Å². The molecule has 2 fully saturated rings. The Hall–Kier alpha value is -0.570. The molecule has 0 aliphatic carbocycles. The van der Waals surface area contributed by atoms with Crippen molar-refractivity contribution in [3.63, 3.8) is 0 Å². The van der Waals surface area contributed by atoms with Gasteiger partial charge in [-0.3, -0.25) is 4.79 Å². The largest absolute Gasteiger partial charge is 0.342 e. The summed E-state index contributed by atoms with van der Waals surface area (Å²) in [4.78, 5) is 17.3. The van der Waals surface area contributed by atoms with Crippen molar-refractivity contribution in [2.45, 2.75) is 52.9 Å². The number of hydrogen-bond acceptors (Lipinski definition) is 2. The Morgan fingerprint density at radius 1 is 1.05 bits per heavy atom. The number of hydrogen-bond donors (Lipinski definition) is 0. The summed E-state index contributed by atoms with van der Waals surface area (Å²) >= 11 is 0. The normalized spacial score (nSPS) is 23.5. The summed E-state index contributed by atoms with van der Waals surface area (Å²) in [6.45, 7) is 12.3. The smallest absolute Gasteiger partial charge is 0.225 e. The molecule has 0 aromatic carbocycles. The molecule has 0 N–H and O–H groups in total. The van der Waals surface area contributed by atoms with E-state index in [4.69, 9.17) is 0 Å². The Labute approximate surface area is 124 Å². The van der Waals surface area contributed by atoms with Gasteiger partial charge < -0.3 is 9.80 Å². The molecule has 2 rings (SSSR count). The quantitative estimate of drug-likeness (QED) is 0.790. The molecule has 2 aliphatic heterocycles. The number of carbonyl (C=O) groups excluding carboxylic acids is 1. The van der Waals surface area contributed by atoms with Crippen LogP contribution in [0.15, 0.2) is 0 Å². The van der Waals surface area contributed by atoms with Crippen molar-refractivity contribution in [3.05, 3.63) is 0 Å². The lowest BCUT2D eigenvalue weighted by atomic mass is 9.86. The molecule has 2 heterocycles. The zero-order valence-corrected chi connectivity index (χ0v) is 13.6. The van der Waals surface area contributed by atoms with Crippen LogP contribution in [0.2, 0.25) is 0 Å². The number of piperidine rings is 2. The van der Waals surface area contributed by atoms with E-state index in [1.807, 2.05) is 0 Å². The van der Waals surface area contributed by atoms with Crippen LogP contribution in [0, 0.1) is 17.8 Å². The summed E-state index contributed by atoms with van der Waals surface area (Å²) in [7, 11) is 0. The molecule has 2 aliphatic rings. The number of carbonyl (C=O) groups is 1. The first-order valence-electron chi connectivity index (χ1n) is 8.63. The van der Waals surface area contributed by atoms with Gasteiger partial charge in [-0.2, -0.15) is 0 Å². The lowest BCUT2D eigenvalue weighted by molar-refractivity contribution is -0.138. The molecule has 1 amide bonds. The van der Waals surface area contributed by atoms with E-state index in [-0.39, 0.29) is 0 Å². The zero-order chi connectivity index (χ0) is 14.5. The lowest BCUT2D eigenvalue weighted by Gasteiger charge is -2.38. The van der Waals surface area contributed by atoms with Crippen molar-refractivity contribution in [2.24, 2.45) is 17.8 Å². The van der Waals surface area contributed by atoms with E-state index >= 15 is 0 Å². The molecule has 116 valence electrons. The third-order valence-electron chi connectivity index (χ3n) is 5.27. The Balaban J connectivity index is 1.76. The van der Waals surface area contributed by atoms with E-state index in [0.29, 0.717) is 11.8 Å². The fourth-order valence-electron chi connectivity index (χ4n) is 3.76. The van der Waals surface area contributed by atoms with Crippen LogP contribution in [0.3, 0.4) is 0 Å². The molecule has 0 atom stereocenters. The van der Waals surface area contributed by atoms with Gasteiger partial charge in [0.15, 0.2) is 0 Å². The Kier molecular flexibility index (Phi) is 5.88. The van der Waals surface area contributed by atoms with E-state index in [1.165, 1.54) is 25.8 Å². The lowest BCUT2D eigenvalue weighted by Crippen LogP contribution is -2.46. The highest BCUT2D eigenvalue weighted by atomic mass is 16.2. The van der Waals surface area contributed by atoms with E-state index in [9.17, 15) is 4.79 Å². The fourth-order valence-corrected chi connectivity index (χ4v) is 3.76. The predicted molar refractivity (Wildman–Crippen MR) is 83.6 cm³/mol. The second-order valence-electron chi connectivity index (χ2n) is 7.02. The number of amides is 1.